The van der Waals surface area contributed by atoms with E-state index in [1.54, 1.807) is 0 Å². The first-order valence-electron chi connectivity index (χ1n) is 4.29. The summed E-state index contributed by atoms with van der Waals surface area (Å²) >= 11 is 3.33. The first kappa shape index (κ1) is 10.5. The van der Waals surface area contributed by atoms with Crippen molar-refractivity contribution in [2.24, 2.45) is 0 Å². The Morgan fingerprint density at radius 1 is 1.46 bits per heavy atom. The monoisotopic (exact) mass is 242 g/mol. The van der Waals surface area contributed by atoms with Gasteiger partial charge in [-0.15, -0.1) is 6.58 Å². The largest absolute Gasteiger partial charge is 0.207 e. The molecule has 0 bridgehead atoms. The molecule has 0 aromatic heterocycles. The quantitative estimate of drug-likeness (QED) is 0.551. The van der Waals surface area contributed by atoms with Crippen molar-refractivity contribution in [3.05, 3.63) is 46.7 Å². The fourth-order valence-corrected chi connectivity index (χ4v) is 1.71. The molecule has 0 saturated carbocycles. The molecule has 1 aromatic rings. The molecule has 0 saturated heterocycles. The third kappa shape index (κ3) is 3.31. The van der Waals surface area contributed by atoms with E-state index < -0.39 is 0 Å². The predicted octanol–water partition coefficient (Wildman–Crippen LogP) is 4.10. The van der Waals surface area contributed by atoms with Gasteiger partial charge in [0, 0.05) is 4.47 Å². The molecule has 2 heteroatoms. The van der Waals surface area contributed by atoms with Crippen LogP contribution in [-0.4, -0.2) is 0 Å². The van der Waals surface area contributed by atoms with Crippen molar-refractivity contribution >= 4 is 15.9 Å². The number of allylic oxidation sites excluding steroid dienone is 1. The van der Waals surface area contributed by atoms with Crippen molar-refractivity contribution in [1.82, 2.24) is 0 Å². The van der Waals surface area contributed by atoms with Crippen LogP contribution < -0.4 is 0 Å². The van der Waals surface area contributed by atoms with Gasteiger partial charge in [0.2, 0.25) is 0 Å². The number of hydrogen-bond donors (Lipinski definition) is 0. The molecule has 0 unspecified atom stereocenters. The van der Waals surface area contributed by atoms with Gasteiger partial charge >= 0.3 is 0 Å². The van der Waals surface area contributed by atoms with E-state index in [0.29, 0.717) is 0 Å². The van der Waals surface area contributed by atoms with E-state index >= 15 is 0 Å². The summed E-state index contributed by atoms with van der Waals surface area (Å²) in [6, 6.07) is 4.82. The van der Waals surface area contributed by atoms with E-state index in [0.717, 1.165) is 29.3 Å². The number of aryl methyl sites for hydroxylation is 1. The zero-order valence-electron chi connectivity index (χ0n) is 7.39. The molecule has 0 fully saturated rings. The average molecular weight is 243 g/mol. The van der Waals surface area contributed by atoms with Gasteiger partial charge in [-0.1, -0.05) is 28.1 Å². The van der Waals surface area contributed by atoms with Crippen LogP contribution in [0.2, 0.25) is 0 Å². The summed E-state index contributed by atoms with van der Waals surface area (Å²) in [4.78, 5) is 0. The van der Waals surface area contributed by atoms with Crippen LogP contribution in [0.3, 0.4) is 0 Å². The fourth-order valence-electron chi connectivity index (χ4n) is 1.16. The minimum absolute atomic E-state index is 0.195. The average Bonchev–Trinajstić information content (AvgIpc) is 2.09. The fraction of sp³-hybridized carbons (Fsp3) is 0.273. The molecule has 1 rings (SSSR count). The van der Waals surface area contributed by atoms with Crippen LogP contribution in [-0.2, 0) is 6.42 Å². The van der Waals surface area contributed by atoms with Gasteiger partial charge in [-0.05, 0) is 37.0 Å². The Hall–Kier alpha value is -0.630. The molecule has 70 valence electrons. The first-order valence-corrected chi connectivity index (χ1v) is 5.08. The van der Waals surface area contributed by atoms with E-state index in [-0.39, 0.29) is 5.82 Å². The summed E-state index contributed by atoms with van der Waals surface area (Å²) in [6.45, 7) is 3.66. The SMILES string of the molecule is C=CCCCc1ccc(F)cc1Br. The second-order valence-electron chi connectivity index (χ2n) is 2.92. The van der Waals surface area contributed by atoms with E-state index in [4.69, 9.17) is 0 Å². The van der Waals surface area contributed by atoms with E-state index in [1.165, 1.54) is 12.1 Å². The lowest BCUT2D eigenvalue weighted by Gasteiger charge is -2.02. The molecule has 0 radical (unpaired) electrons. The molecule has 0 atom stereocenters. The molecule has 0 spiro atoms. The van der Waals surface area contributed by atoms with E-state index in [9.17, 15) is 4.39 Å². The molecule has 0 amide bonds. The Balaban J connectivity index is 2.61. The molecule has 0 heterocycles. The third-order valence-corrected chi connectivity index (χ3v) is 2.61. The first-order chi connectivity index (χ1) is 6.24. The topological polar surface area (TPSA) is 0 Å². The van der Waals surface area contributed by atoms with Crippen molar-refractivity contribution in [3.63, 3.8) is 0 Å². The Labute approximate surface area is 86.6 Å². The van der Waals surface area contributed by atoms with Crippen molar-refractivity contribution in [3.8, 4) is 0 Å². The maximum atomic E-state index is 12.7. The van der Waals surface area contributed by atoms with Crippen molar-refractivity contribution < 1.29 is 4.39 Å². The van der Waals surface area contributed by atoms with Crippen molar-refractivity contribution in [1.29, 1.82) is 0 Å². The summed E-state index contributed by atoms with van der Waals surface area (Å²) in [6.07, 6.45) is 4.93. The highest BCUT2D eigenvalue weighted by molar-refractivity contribution is 9.10. The smallest absolute Gasteiger partial charge is 0.124 e. The van der Waals surface area contributed by atoms with Gasteiger partial charge in [0.1, 0.15) is 5.82 Å². The van der Waals surface area contributed by atoms with Gasteiger partial charge in [-0.3, -0.25) is 0 Å². The van der Waals surface area contributed by atoms with Crippen LogP contribution in [0, 0.1) is 5.82 Å². The lowest BCUT2D eigenvalue weighted by Crippen LogP contribution is -1.87. The van der Waals surface area contributed by atoms with Crippen LogP contribution in [0.5, 0.6) is 0 Å². The molecule has 0 nitrogen and oxygen atoms in total. The van der Waals surface area contributed by atoms with Crippen LogP contribution in [0.15, 0.2) is 35.3 Å². The molecular weight excluding hydrogens is 231 g/mol. The summed E-state index contributed by atoms with van der Waals surface area (Å²) in [5.74, 6) is -0.195. The van der Waals surface area contributed by atoms with Crippen LogP contribution in [0.4, 0.5) is 4.39 Å². The zero-order valence-corrected chi connectivity index (χ0v) is 8.98. The van der Waals surface area contributed by atoms with E-state index in [2.05, 4.69) is 22.5 Å². The minimum atomic E-state index is -0.195. The van der Waals surface area contributed by atoms with Crippen LogP contribution in [0.25, 0.3) is 0 Å². The molecule has 0 aliphatic rings. The Bertz CT molecular complexity index is 294. The molecule has 0 N–H and O–H groups in total. The van der Waals surface area contributed by atoms with Gasteiger partial charge in [0.25, 0.3) is 0 Å². The van der Waals surface area contributed by atoms with Gasteiger partial charge < -0.3 is 0 Å². The maximum Gasteiger partial charge on any atom is 0.124 e. The molecule has 13 heavy (non-hydrogen) atoms. The summed E-state index contributed by atoms with van der Waals surface area (Å²) < 4.78 is 13.5. The van der Waals surface area contributed by atoms with Crippen LogP contribution in [0.1, 0.15) is 18.4 Å². The summed E-state index contributed by atoms with van der Waals surface area (Å²) in [5.41, 5.74) is 1.16. The van der Waals surface area contributed by atoms with E-state index in [1.807, 2.05) is 12.1 Å². The van der Waals surface area contributed by atoms with Crippen molar-refractivity contribution in [2.45, 2.75) is 19.3 Å². The number of unbranched alkanes of at least 4 members (excludes halogenated alkanes) is 1. The summed E-state index contributed by atoms with van der Waals surface area (Å²) in [5, 5.41) is 0. The number of benzene rings is 1. The van der Waals surface area contributed by atoms with Gasteiger partial charge in [-0.25, -0.2) is 4.39 Å². The maximum absolute atomic E-state index is 12.7. The van der Waals surface area contributed by atoms with Gasteiger partial charge in [0.05, 0.1) is 0 Å². The zero-order chi connectivity index (χ0) is 9.68. The highest BCUT2D eigenvalue weighted by Crippen LogP contribution is 2.19. The lowest BCUT2D eigenvalue weighted by atomic mass is 10.1. The minimum Gasteiger partial charge on any atom is -0.207 e. The lowest BCUT2D eigenvalue weighted by molar-refractivity contribution is 0.625. The molecule has 0 aliphatic heterocycles. The predicted molar refractivity (Wildman–Crippen MR) is 57.2 cm³/mol. The number of hydrogen-bond acceptors (Lipinski definition) is 0. The Morgan fingerprint density at radius 3 is 2.85 bits per heavy atom. The molecular formula is C11H12BrF. The molecule has 1 aromatic carbocycles. The highest BCUT2D eigenvalue weighted by Gasteiger charge is 2.00. The van der Waals surface area contributed by atoms with Crippen LogP contribution >= 0.6 is 15.9 Å². The molecule has 0 aliphatic carbocycles. The second-order valence-corrected chi connectivity index (χ2v) is 3.77. The Morgan fingerprint density at radius 2 is 2.23 bits per heavy atom. The highest BCUT2D eigenvalue weighted by atomic mass is 79.9. The third-order valence-electron chi connectivity index (χ3n) is 1.87. The number of halogens is 2. The Kier molecular flexibility index (Phi) is 4.16. The standard InChI is InChI=1S/C11H12BrF/c1-2-3-4-5-9-6-7-10(13)8-11(9)12/h2,6-8H,1,3-5H2. The van der Waals surface area contributed by atoms with Crippen molar-refractivity contribution in [2.75, 3.05) is 0 Å². The second kappa shape index (κ2) is 5.18. The summed E-state index contributed by atoms with van der Waals surface area (Å²) in [7, 11) is 0. The number of rotatable bonds is 4. The van der Waals surface area contributed by atoms with Gasteiger partial charge in [-0.2, -0.15) is 0 Å². The normalized spacial score (nSPS) is 10.0. The van der Waals surface area contributed by atoms with Gasteiger partial charge in [0.15, 0.2) is 0 Å².